The zero-order chi connectivity index (χ0) is 14.8. The molecule has 1 saturated carbocycles. The Hall–Kier alpha value is -0.680. The third kappa shape index (κ3) is 3.31. The zero-order valence-corrected chi connectivity index (χ0v) is 12.8. The molecule has 1 unspecified atom stereocenters. The van der Waals surface area contributed by atoms with E-state index in [1.807, 2.05) is 0 Å². The van der Waals surface area contributed by atoms with Gasteiger partial charge in [-0.2, -0.15) is 0 Å². The van der Waals surface area contributed by atoms with E-state index >= 15 is 0 Å². The Balaban J connectivity index is 2.06. The zero-order valence-electron chi connectivity index (χ0n) is 11.9. The first kappa shape index (κ1) is 15.7. The number of carbonyl (C=O) groups excluding carboxylic acids is 1. The maximum Gasteiger partial charge on any atom is 0.337 e. The van der Waals surface area contributed by atoms with Crippen LogP contribution in [0.15, 0.2) is 12.3 Å². The molecular weight excluding hydrogens is 283 g/mol. The van der Waals surface area contributed by atoms with Gasteiger partial charge in [-0.1, -0.05) is 6.58 Å². The molecule has 2 rings (SSSR count). The Morgan fingerprint density at radius 2 is 2.00 bits per heavy atom. The first-order chi connectivity index (χ1) is 9.42. The van der Waals surface area contributed by atoms with Gasteiger partial charge in [0.05, 0.1) is 5.76 Å². The number of carbonyl (C=O) groups is 1. The molecule has 2 fully saturated rings. The van der Waals surface area contributed by atoms with Gasteiger partial charge in [0.25, 0.3) is 0 Å². The second kappa shape index (κ2) is 5.98. The first-order valence-corrected chi connectivity index (χ1v) is 8.43. The van der Waals surface area contributed by atoms with Gasteiger partial charge in [0.15, 0.2) is 5.78 Å². The van der Waals surface area contributed by atoms with Crippen LogP contribution < -0.4 is 0 Å². The Morgan fingerprint density at radius 3 is 2.55 bits per heavy atom. The van der Waals surface area contributed by atoms with Crippen LogP contribution >= 0.6 is 7.60 Å². The molecule has 0 radical (unpaired) electrons. The van der Waals surface area contributed by atoms with Crippen LogP contribution in [0.3, 0.4) is 0 Å². The molecule has 7 heteroatoms. The van der Waals surface area contributed by atoms with Gasteiger partial charge >= 0.3 is 7.60 Å². The van der Waals surface area contributed by atoms with Crippen molar-refractivity contribution in [1.82, 2.24) is 0 Å². The number of ketones is 1. The fraction of sp³-hybridized carbons (Fsp3) is 0.769. The highest BCUT2D eigenvalue weighted by Gasteiger charge is 2.46. The average molecular weight is 304 g/mol. The van der Waals surface area contributed by atoms with Crippen LogP contribution in [0, 0.1) is 0 Å². The lowest BCUT2D eigenvalue weighted by Crippen LogP contribution is -2.45. The fourth-order valence-electron chi connectivity index (χ4n) is 2.65. The molecule has 20 heavy (non-hydrogen) atoms. The molecule has 6 nitrogen and oxygen atoms in total. The van der Waals surface area contributed by atoms with Gasteiger partial charge in [-0.3, -0.25) is 9.36 Å². The summed E-state index contributed by atoms with van der Waals surface area (Å²) in [6.07, 6.45) is 2.81. The molecular formula is C13H21O6P. The van der Waals surface area contributed by atoms with Crippen LogP contribution in [-0.2, 0) is 27.9 Å². The summed E-state index contributed by atoms with van der Waals surface area (Å²) in [5.41, 5.74) is 0. The summed E-state index contributed by atoms with van der Waals surface area (Å²) >= 11 is 0. The van der Waals surface area contributed by atoms with Gasteiger partial charge in [-0.15, -0.1) is 0 Å². The molecule has 0 bridgehead atoms. The molecule has 0 aromatic carbocycles. The Kier molecular flexibility index (Phi) is 4.69. The Bertz CT molecular complexity index is 432. The summed E-state index contributed by atoms with van der Waals surface area (Å²) in [4.78, 5) is 12.3. The van der Waals surface area contributed by atoms with E-state index in [2.05, 4.69) is 6.58 Å². The highest BCUT2D eigenvalue weighted by atomic mass is 31.2. The maximum atomic E-state index is 12.3. The van der Waals surface area contributed by atoms with Crippen molar-refractivity contribution in [2.45, 2.75) is 44.0 Å². The predicted octanol–water partition coefficient (Wildman–Crippen LogP) is 2.63. The lowest BCUT2D eigenvalue weighted by Gasteiger charge is -2.39. The lowest BCUT2D eigenvalue weighted by atomic mass is 10.1. The summed E-state index contributed by atoms with van der Waals surface area (Å²) in [6.45, 7) is 3.82. The van der Waals surface area contributed by atoms with E-state index in [0.29, 0.717) is 5.76 Å². The summed E-state index contributed by atoms with van der Waals surface area (Å²) in [5, 5.41) is 0. The van der Waals surface area contributed by atoms with Crippen LogP contribution in [-0.4, -0.2) is 38.1 Å². The Morgan fingerprint density at radius 1 is 1.40 bits per heavy atom. The topological polar surface area (TPSA) is 71.1 Å². The van der Waals surface area contributed by atoms with E-state index < -0.39 is 19.5 Å². The molecule has 2 aliphatic rings. The number of Topliss-reactive ketones (excluding diaryl/α,β-unsaturated/α-hetero) is 1. The molecule has 1 heterocycles. The van der Waals surface area contributed by atoms with Crippen molar-refractivity contribution in [3.8, 4) is 0 Å². The van der Waals surface area contributed by atoms with Crippen molar-refractivity contribution in [3.05, 3.63) is 12.3 Å². The van der Waals surface area contributed by atoms with E-state index in [1.165, 1.54) is 14.2 Å². The van der Waals surface area contributed by atoms with Crippen molar-refractivity contribution in [1.29, 1.82) is 0 Å². The van der Waals surface area contributed by atoms with Gasteiger partial charge in [0, 0.05) is 33.5 Å². The van der Waals surface area contributed by atoms with Gasteiger partial charge < -0.3 is 18.5 Å². The number of rotatable bonds is 5. The number of ether oxygens (including phenoxy) is 2. The third-order valence-corrected chi connectivity index (χ3v) is 5.54. The molecule has 0 aromatic rings. The second-order valence-electron chi connectivity index (χ2n) is 5.17. The van der Waals surface area contributed by atoms with Crippen molar-refractivity contribution in [3.63, 3.8) is 0 Å². The van der Waals surface area contributed by atoms with Crippen molar-refractivity contribution in [2.24, 2.45) is 0 Å². The molecule has 0 aromatic heterocycles. The van der Waals surface area contributed by atoms with Crippen LogP contribution in [0.25, 0.3) is 0 Å². The minimum atomic E-state index is -3.37. The Labute approximate surface area is 118 Å². The van der Waals surface area contributed by atoms with Crippen molar-refractivity contribution in [2.75, 3.05) is 20.4 Å². The van der Waals surface area contributed by atoms with Gasteiger partial charge in [0.2, 0.25) is 5.79 Å². The molecule has 1 atom stereocenters. The van der Waals surface area contributed by atoms with Gasteiger partial charge in [-0.05, 0) is 12.8 Å². The highest BCUT2D eigenvalue weighted by molar-refractivity contribution is 7.54. The van der Waals surface area contributed by atoms with Crippen LogP contribution in [0.1, 0.15) is 32.1 Å². The SMILES string of the molecule is C=C1CC(C(=O)CP(=O)(OC)OC)OC2(CCCC2)O1. The van der Waals surface area contributed by atoms with E-state index in [0.717, 1.165) is 25.7 Å². The van der Waals surface area contributed by atoms with Crippen molar-refractivity contribution < 1.29 is 27.9 Å². The largest absolute Gasteiger partial charge is 0.467 e. The molecule has 1 aliphatic heterocycles. The fourth-order valence-corrected chi connectivity index (χ4v) is 3.64. The monoisotopic (exact) mass is 304 g/mol. The predicted molar refractivity (Wildman–Crippen MR) is 72.4 cm³/mol. The van der Waals surface area contributed by atoms with E-state index in [-0.39, 0.29) is 18.4 Å². The van der Waals surface area contributed by atoms with Crippen LogP contribution in [0.5, 0.6) is 0 Å². The highest BCUT2D eigenvalue weighted by Crippen LogP contribution is 2.48. The van der Waals surface area contributed by atoms with Crippen LogP contribution in [0.4, 0.5) is 0 Å². The minimum Gasteiger partial charge on any atom is -0.467 e. The van der Waals surface area contributed by atoms with E-state index in [1.54, 1.807) is 0 Å². The molecule has 114 valence electrons. The summed E-state index contributed by atoms with van der Waals surface area (Å²) in [6, 6.07) is 0. The molecule has 1 saturated heterocycles. The van der Waals surface area contributed by atoms with E-state index in [4.69, 9.17) is 18.5 Å². The lowest BCUT2D eigenvalue weighted by molar-refractivity contribution is -0.258. The normalized spacial score (nSPS) is 25.7. The number of hydrogen-bond acceptors (Lipinski definition) is 6. The average Bonchev–Trinajstić information content (AvgIpc) is 2.85. The first-order valence-electron chi connectivity index (χ1n) is 6.70. The molecule has 1 spiro atoms. The summed E-state index contributed by atoms with van der Waals surface area (Å²) < 4.78 is 33.1. The quantitative estimate of drug-likeness (QED) is 0.727. The molecule has 1 aliphatic carbocycles. The smallest absolute Gasteiger partial charge is 0.337 e. The second-order valence-corrected chi connectivity index (χ2v) is 7.44. The van der Waals surface area contributed by atoms with Crippen LogP contribution in [0.2, 0.25) is 0 Å². The maximum absolute atomic E-state index is 12.3. The van der Waals surface area contributed by atoms with E-state index in [9.17, 15) is 9.36 Å². The van der Waals surface area contributed by atoms with Gasteiger partial charge in [-0.25, -0.2) is 0 Å². The summed E-state index contributed by atoms with van der Waals surface area (Å²) in [7, 11) is -0.839. The van der Waals surface area contributed by atoms with Crippen molar-refractivity contribution >= 4 is 13.4 Å². The summed E-state index contributed by atoms with van der Waals surface area (Å²) in [5.74, 6) is -0.478. The molecule has 0 N–H and O–H groups in total. The number of hydrogen-bond donors (Lipinski definition) is 0. The minimum absolute atomic E-state index is 0.286. The standard InChI is InChI=1S/C13H21O6P/c1-10-8-12(11(14)9-20(15,16-2)17-3)19-13(18-10)6-4-5-7-13/h12H,1,4-9H2,2-3H3. The molecule has 0 amide bonds. The van der Waals surface area contributed by atoms with Gasteiger partial charge in [0.1, 0.15) is 12.3 Å². The third-order valence-electron chi connectivity index (χ3n) is 3.73.